The summed E-state index contributed by atoms with van der Waals surface area (Å²) >= 11 is 0. The van der Waals surface area contributed by atoms with Crippen LogP contribution in [0.25, 0.3) is 0 Å². The van der Waals surface area contributed by atoms with Crippen LogP contribution in [0, 0.1) is 0 Å². The van der Waals surface area contributed by atoms with Crippen molar-refractivity contribution in [2.45, 2.75) is 17.9 Å². The molecule has 9 heteroatoms. The summed E-state index contributed by atoms with van der Waals surface area (Å²) in [6.07, 6.45) is -0.456. The van der Waals surface area contributed by atoms with Crippen molar-refractivity contribution >= 4 is 21.6 Å². The minimum absolute atomic E-state index is 0.00387. The van der Waals surface area contributed by atoms with E-state index in [-0.39, 0.29) is 29.6 Å². The van der Waals surface area contributed by atoms with Gasteiger partial charge in [-0.05, 0) is 30.3 Å². The van der Waals surface area contributed by atoms with Crippen LogP contribution in [0.5, 0.6) is 17.2 Å². The van der Waals surface area contributed by atoms with Crippen molar-refractivity contribution in [1.82, 2.24) is 4.72 Å². The Bertz CT molecular complexity index is 945. The van der Waals surface area contributed by atoms with Crippen LogP contribution in [0.1, 0.15) is 6.92 Å². The number of rotatable bonds is 6. The number of nitrogens with one attached hydrogen (secondary N) is 2. The number of carbonyl (C=O) groups is 1. The maximum Gasteiger partial charge on any atom is 0.240 e. The fourth-order valence-electron chi connectivity index (χ4n) is 2.59. The van der Waals surface area contributed by atoms with Gasteiger partial charge in [0.15, 0.2) is 11.5 Å². The van der Waals surface area contributed by atoms with E-state index in [2.05, 4.69) is 10.0 Å². The molecule has 8 nitrogen and oxygen atoms in total. The van der Waals surface area contributed by atoms with Crippen molar-refractivity contribution in [3.8, 4) is 17.2 Å². The third kappa shape index (κ3) is 4.50. The highest BCUT2D eigenvalue weighted by Gasteiger charge is 2.24. The van der Waals surface area contributed by atoms with Gasteiger partial charge in [-0.3, -0.25) is 4.79 Å². The number of sulfonamides is 1. The second-order valence-electron chi connectivity index (χ2n) is 5.89. The third-order valence-electron chi connectivity index (χ3n) is 3.86. The van der Waals surface area contributed by atoms with Crippen LogP contribution in [0.2, 0.25) is 0 Å². The summed E-state index contributed by atoms with van der Waals surface area (Å²) in [5.74, 6) is 1.24. The first kappa shape index (κ1) is 19.0. The molecule has 0 bridgehead atoms. The third-order valence-corrected chi connectivity index (χ3v) is 5.28. The molecule has 2 aromatic carbocycles. The monoisotopic (exact) mass is 392 g/mol. The lowest BCUT2D eigenvalue weighted by Gasteiger charge is -2.26. The van der Waals surface area contributed by atoms with Gasteiger partial charge in [-0.2, -0.15) is 0 Å². The van der Waals surface area contributed by atoms with Gasteiger partial charge in [-0.25, -0.2) is 13.1 Å². The average Bonchev–Trinajstić information content (AvgIpc) is 2.66. The Labute approximate surface area is 157 Å². The maximum absolute atomic E-state index is 12.6. The Morgan fingerprint density at radius 3 is 2.67 bits per heavy atom. The molecular formula is C18H20N2O6S. The highest BCUT2D eigenvalue weighted by Crippen LogP contribution is 2.31. The number of methoxy groups -OCH3 is 1. The first-order chi connectivity index (χ1) is 12.9. The average molecular weight is 392 g/mol. The van der Waals surface area contributed by atoms with Crippen molar-refractivity contribution in [2.75, 3.05) is 25.6 Å². The molecule has 0 unspecified atom stereocenters. The number of hydrogen-bond donors (Lipinski definition) is 2. The molecule has 0 aliphatic carbocycles. The Balaban J connectivity index is 1.71. The Morgan fingerprint density at radius 2 is 1.96 bits per heavy atom. The molecule has 1 heterocycles. The number of para-hydroxylation sites is 2. The van der Waals surface area contributed by atoms with Crippen molar-refractivity contribution in [3.63, 3.8) is 0 Å². The van der Waals surface area contributed by atoms with E-state index in [0.717, 1.165) is 0 Å². The second kappa shape index (κ2) is 7.85. The highest BCUT2D eigenvalue weighted by atomic mass is 32.2. The second-order valence-corrected chi connectivity index (χ2v) is 7.66. The van der Waals surface area contributed by atoms with Gasteiger partial charge < -0.3 is 19.5 Å². The van der Waals surface area contributed by atoms with Crippen molar-refractivity contribution in [3.05, 3.63) is 42.5 Å². The van der Waals surface area contributed by atoms with Crippen molar-refractivity contribution < 1.29 is 27.4 Å². The molecule has 1 aliphatic heterocycles. The lowest BCUT2D eigenvalue weighted by Crippen LogP contribution is -2.40. The molecule has 0 saturated heterocycles. The largest absolute Gasteiger partial charge is 0.495 e. The maximum atomic E-state index is 12.6. The molecular weight excluding hydrogens is 372 g/mol. The molecule has 1 atom stereocenters. The number of benzene rings is 2. The number of fused-ring (bicyclic) bond motifs is 1. The molecule has 2 N–H and O–H groups in total. The number of amides is 1. The minimum atomic E-state index is -3.81. The lowest BCUT2D eigenvalue weighted by molar-refractivity contribution is -0.114. The van der Waals surface area contributed by atoms with Gasteiger partial charge in [0.25, 0.3) is 0 Å². The zero-order chi connectivity index (χ0) is 19.4. The molecule has 1 aliphatic rings. The smallest absolute Gasteiger partial charge is 0.240 e. The molecule has 0 spiro atoms. The molecule has 1 amide bonds. The molecule has 0 saturated carbocycles. The summed E-state index contributed by atoms with van der Waals surface area (Å²) in [7, 11) is -2.38. The summed E-state index contributed by atoms with van der Waals surface area (Å²) in [4.78, 5) is 11.3. The number of hydrogen-bond acceptors (Lipinski definition) is 6. The first-order valence-corrected chi connectivity index (χ1v) is 9.71. The number of carbonyl (C=O) groups excluding carboxylic acids is 1. The summed E-state index contributed by atoms with van der Waals surface area (Å²) in [6, 6.07) is 11.4. The van der Waals surface area contributed by atoms with Crippen LogP contribution in [-0.4, -0.2) is 40.7 Å². The van der Waals surface area contributed by atoms with Gasteiger partial charge in [-0.15, -0.1) is 0 Å². The first-order valence-electron chi connectivity index (χ1n) is 8.23. The quantitative estimate of drug-likeness (QED) is 0.777. The molecule has 0 fully saturated rings. The molecule has 0 aromatic heterocycles. The van der Waals surface area contributed by atoms with Crippen molar-refractivity contribution in [1.29, 1.82) is 0 Å². The van der Waals surface area contributed by atoms with Crippen molar-refractivity contribution in [2.24, 2.45) is 0 Å². The van der Waals surface area contributed by atoms with Gasteiger partial charge in [-0.1, -0.05) is 12.1 Å². The Hall–Kier alpha value is -2.78. The summed E-state index contributed by atoms with van der Waals surface area (Å²) in [5, 5.41) is 2.55. The van der Waals surface area contributed by atoms with Crippen LogP contribution in [-0.2, 0) is 14.8 Å². The fourth-order valence-corrected chi connectivity index (χ4v) is 3.68. The van der Waals surface area contributed by atoms with Gasteiger partial charge >= 0.3 is 0 Å². The van der Waals surface area contributed by atoms with Crippen LogP contribution in [0.4, 0.5) is 5.69 Å². The normalized spacial score (nSPS) is 15.9. The zero-order valence-electron chi connectivity index (χ0n) is 14.9. The molecule has 144 valence electrons. The van der Waals surface area contributed by atoms with Crippen LogP contribution < -0.4 is 24.2 Å². The van der Waals surface area contributed by atoms with Crippen LogP contribution in [0.15, 0.2) is 47.4 Å². The lowest BCUT2D eigenvalue weighted by atomic mass is 10.2. The van der Waals surface area contributed by atoms with E-state index >= 15 is 0 Å². The predicted molar refractivity (Wildman–Crippen MR) is 98.8 cm³/mol. The van der Waals surface area contributed by atoms with Crippen LogP contribution >= 0.6 is 0 Å². The van der Waals surface area contributed by atoms with E-state index in [9.17, 15) is 13.2 Å². The zero-order valence-corrected chi connectivity index (χ0v) is 15.7. The van der Waals surface area contributed by atoms with E-state index in [4.69, 9.17) is 14.2 Å². The van der Waals surface area contributed by atoms with E-state index in [1.54, 1.807) is 12.1 Å². The van der Waals surface area contributed by atoms with Gasteiger partial charge in [0.05, 0.1) is 24.2 Å². The minimum Gasteiger partial charge on any atom is -0.495 e. The van der Waals surface area contributed by atoms with E-state index in [0.29, 0.717) is 17.2 Å². The molecule has 0 radical (unpaired) electrons. The van der Waals surface area contributed by atoms with E-state index in [1.807, 2.05) is 12.1 Å². The topological polar surface area (TPSA) is 103 Å². The number of ether oxygens (including phenoxy) is 3. The van der Waals surface area contributed by atoms with Crippen LogP contribution in [0.3, 0.4) is 0 Å². The summed E-state index contributed by atoms with van der Waals surface area (Å²) < 4.78 is 44.2. The summed E-state index contributed by atoms with van der Waals surface area (Å²) in [5.41, 5.74) is 0.277. The molecule has 2 aromatic rings. The molecule has 3 rings (SSSR count). The van der Waals surface area contributed by atoms with Gasteiger partial charge in [0.2, 0.25) is 15.9 Å². The van der Waals surface area contributed by atoms with Gasteiger partial charge in [0, 0.05) is 6.92 Å². The SMILES string of the molecule is COc1ccc(S(=O)(=O)NC[C@H]2COc3ccccc3O2)cc1NC(C)=O. The van der Waals surface area contributed by atoms with E-state index < -0.39 is 16.1 Å². The Morgan fingerprint density at radius 1 is 1.22 bits per heavy atom. The standard InChI is InChI=1S/C18H20N2O6S/c1-12(21)20-15-9-14(7-8-16(15)24-2)27(22,23)19-10-13-11-25-17-5-3-4-6-18(17)26-13/h3-9,13,19H,10-11H2,1-2H3,(H,20,21)/t13-/m0/s1. The van der Waals surface area contributed by atoms with Gasteiger partial charge in [0.1, 0.15) is 18.5 Å². The molecule has 27 heavy (non-hydrogen) atoms. The fraction of sp³-hybridized carbons (Fsp3) is 0.278. The Kier molecular flexibility index (Phi) is 5.52. The summed E-state index contributed by atoms with van der Waals surface area (Å²) in [6.45, 7) is 1.61. The van der Waals surface area contributed by atoms with E-state index in [1.165, 1.54) is 32.2 Å². The number of anilines is 1. The predicted octanol–water partition coefficient (Wildman–Crippen LogP) is 1.77. The highest BCUT2D eigenvalue weighted by molar-refractivity contribution is 7.89.